The van der Waals surface area contributed by atoms with Gasteiger partial charge in [0, 0.05) is 5.92 Å². The molecule has 2 aromatic rings. The lowest BCUT2D eigenvalue weighted by atomic mass is 9.87. The Morgan fingerprint density at radius 2 is 1.42 bits per heavy atom. The maximum absolute atomic E-state index is 10.1. The molecular weight excluding hydrogens is 234 g/mol. The number of isocyanates is 1. The molecule has 2 aromatic carbocycles. The number of nitrogens with zero attached hydrogens (tertiary/aromatic N) is 1. The highest BCUT2D eigenvalue weighted by atomic mass is 16.1. The van der Waals surface area contributed by atoms with Gasteiger partial charge < -0.3 is 0 Å². The summed E-state index contributed by atoms with van der Waals surface area (Å²) in [6.07, 6.45) is 3.34. The van der Waals surface area contributed by atoms with Crippen LogP contribution < -0.4 is 0 Å². The van der Waals surface area contributed by atoms with E-state index in [1.807, 2.05) is 36.4 Å². The van der Waals surface area contributed by atoms with Crippen LogP contribution in [0.15, 0.2) is 65.7 Å². The van der Waals surface area contributed by atoms with Crippen LogP contribution >= 0.6 is 0 Å². The lowest BCUT2D eigenvalue weighted by molar-refractivity contribution is 0.562. The molecule has 0 saturated carbocycles. The number of benzene rings is 2. The molecule has 0 heterocycles. The van der Waals surface area contributed by atoms with Gasteiger partial charge in [-0.25, -0.2) is 9.79 Å². The Kier molecular flexibility index (Phi) is 5.09. The van der Waals surface area contributed by atoms with Gasteiger partial charge in [-0.3, -0.25) is 0 Å². The maximum atomic E-state index is 10.1. The summed E-state index contributed by atoms with van der Waals surface area (Å²) in [4.78, 5) is 13.7. The summed E-state index contributed by atoms with van der Waals surface area (Å²) in [6.45, 7) is 0.534. The first kappa shape index (κ1) is 13.3. The van der Waals surface area contributed by atoms with Crippen LogP contribution in [0, 0.1) is 5.92 Å². The van der Waals surface area contributed by atoms with Crippen LogP contribution in [0.3, 0.4) is 0 Å². The average molecular weight is 250 g/mol. The van der Waals surface area contributed by atoms with Crippen molar-refractivity contribution in [3.63, 3.8) is 0 Å². The van der Waals surface area contributed by atoms with Crippen LogP contribution in [0.25, 0.3) is 0 Å². The summed E-state index contributed by atoms with van der Waals surface area (Å²) < 4.78 is 0. The van der Waals surface area contributed by atoms with E-state index < -0.39 is 0 Å². The average Bonchev–Trinajstić information content (AvgIpc) is 2.49. The van der Waals surface area contributed by atoms with Gasteiger partial charge in [0.2, 0.25) is 6.08 Å². The summed E-state index contributed by atoms with van der Waals surface area (Å²) in [7, 11) is 0. The fourth-order valence-electron chi connectivity index (χ4n) is 2.11. The summed E-state index contributed by atoms with van der Waals surface area (Å²) in [5.74, 6) is 1.29. The third kappa shape index (κ3) is 3.90. The van der Waals surface area contributed by atoms with Gasteiger partial charge in [0.1, 0.15) is 0 Å². The Morgan fingerprint density at radius 1 is 0.895 bits per heavy atom. The van der Waals surface area contributed by atoms with E-state index in [-0.39, 0.29) is 0 Å². The fourth-order valence-corrected chi connectivity index (χ4v) is 2.11. The molecule has 0 bridgehead atoms. The van der Waals surface area contributed by atoms with Crippen molar-refractivity contribution < 1.29 is 4.79 Å². The van der Waals surface area contributed by atoms with Gasteiger partial charge in [-0.2, -0.15) is 0 Å². The number of hydrogen-bond donors (Lipinski definition) is 0. The largest absolute Gasteiger partial charge is 0.234 e. The van der Waals surface area contributed by atoms with Crippen molar-refractivity contribution in [3.05, 3.63) is 77.7 Å². The monoisotopic (exact) mass is 250 g/mol. The van der Waals surface area contributed by atoms with E-state index in [2.05, 4.69) is 29.3 Å². The van der Waals surface area contributed by atoms with Crippen LogP contribution in [0.1, 0.15) is 24.0 Å². The normalized spacial score (nSPS) is 10.2. The van der Waals surface area contributed by atoms with Crippen molar-refractivity contribution in [2.45, 2.75) is 12.8 Å². The predicted octanol–water partition coefficient (Wildman–Crippen LogP) is 3.77. The molecule has 0 amide bonds. The molecule has 0 N–H and O–H groups in total. The number of rotatable bonds is 6. The molecule has 2 nitrogen and oxygen atoms in total. The zero-order valence-corrected chi connectivity index (χ0v) is 10.8. The van der Waals surface area contributed by atoms with Gasteiger partial charge in [-0.15, -0.1) is 0 Å². The van der Waals surface area contributed by atoms with Crippen LogP contribution in [-0.4, -0.2) is 12.6 Å². The SMILES string of the molecule is O=C=NCCC[C](c1ccccc1)c1ccccc1. The number of hydrogen-bond acceptors (Lipinski definition) is 2. The summed E-state index contributed by atoms with van der Waals surface area (Å²) in [6, 6.07) is 20.7. The summed E-state index contributed by atoms with van der Waals surface area (Å²) in [5.41, 5.74) is 2.45. The highest BCUT2D eigenvalue weighted by molar-refractivity contribution is 5.45. The first-order chi connectivity index (χ1) is 9.42. The van der Waals surface area contributed by atoms with Crippen LogP contribution in [0.5, 0.6) is 0 Å². The van der Waals surface area contributed by atoms with Gasteiger partial charge >= 0.3 is 0 Å². The van der Waals surface area contributed by atoms with Crippen LogP contribution in [-0.2, 0) is 4.79 Å². The van der Waals surface area contributed by atoms with E-state index in [9.17, 15) is 4.79 Å². The smallest absolute Gasteiger partial charge is 0.211 e. The van der Waals surface area contributed by atoms with Crippen LogP contribution in [0.4, 0.5) is 0 Å². The molecule has 0 saturated heterocycles. The Labute approximate surface area is 113 Å². The standard InChI is InChI=1S/C17H16NO/c19-14-18-13-7-12-17(15-8-3-1-4-9-15)16-10-5-2-6-11-16/h1-6,8-11H,7,12-13H2. The quantitative estimate of drug-likeness (QED) is 0.436. The maximum Gasteiger partial charge on any atom is 0.234 e. The molecule has 2 rings (SSSR count). The van der Waals surface area contributed by atoms with E-state index >= 15 is 0 Å². The van der Waals surface area contributed by atoms with Crippen LogP contribution in [0.2, 0.25) is 0 Å². The van der Waals surface area contributed by atoms with Gasteiger partial charge in [-0.05, 0) is 24.0 Å². The lowest BCUT2D eigenvalue weighted by Crippen LogP contribution is -2.03. The molecule has 19 heavy (non-hydrogen) atoms. The number of aliphatic imine (C=N–C) groups is 1. The summed E-state index contributed by atoms with van der Waals surface area (Å²) in [5, 5.41) is 0. The minimum atomic E-state index is 0.534. The Morgan fingerprint density at radius 3 is 1.89 bits per heavy atom. The Balaban J connectivity index is 2.16. The van der Waals surface area contributed by atoms with Gasteiger partial charge in [-0.1, -0.05) is 60.7 Å². The summed E-state index contributed by atoms with van der Waals surface area (Å²) >= 11 is 0. The molecular formula is C17H16NO. The van der Waals surface area contributed by atoms with Crippen molar-refractivity contribution >= 4 is 6.08 Å². The Hall–Kier alpha value is -2.18. The van der Waals surface area contributed by atoms with E-state index in [1.165, 1.54) is 17.0 Å². The van der Waals surface area contributed by atoms with Crippen molar-refractivity contribution in [1.29, 1.82) is 0 Å². The molecule has 1 radical (unpaired) electrons. The molecule has 2 heteroatoms. The second kappa shape index (κ2) is 7.30. The third-order valence-electron chi connectivity index (χ3n) is 3.01. The second-order valence-corrected chi connectivity index (χ2v) is 4.29. The molecule has 95 valence electrons. The molecule has 0 aliphatic heterocycles. The van der Waals surface area contributed by atoms with Gasteiger partial charge in [0.25, 0.3) is 0 Å². The molecule has 0 aliphatic rings. The Bertz CT molecular complexity index is 490. The minimum absolute atomic E-state index is 0.534. The first-order valence-corrected chi connectivity index (χ1v) is 6.42. The highest BCUT2D eigenvalue weighted by Gasteiger charge is 2.13. The topological polar surface area (TPSA) is 29.4 Å². The first-order valence-electron chi connectivity index (χ1n) is 6.42. The molecule has 0 aliphatic carbocycles. The van der Waals surface area contributed by atoms with Gasteiger partial charge in [0.05, 0.1) is 6.54 Å². The van der Waals surface area contributed by atoms with Crippen molar-refractivity contribution in [1.82, 2.24) is 0 Å². The zero-order valence-electron chi connectivity index (χ0n) is 10.8. The fraction of sp³-hybridized carbons (Fsp3) is 0.176. The van der Waals surface area contributed by atoms with E-state index in [1.54, 1.807) is 6.08 Å². The van der Waals surface area contributed by atoms with E-state index in [0.29, 0.717) is 6.54 Å². The molecule has 0 fully saturated rings. The van der Waals surface area contributed by atoms with Crippen molar-refractivity contribution in [3.8, 4) is 0 Å². The zero-order chi connectivity index (χ0) is 13.3. The van der Waals surface area contributed by atoms with E-state index in [0.717, 1.165) is 12.8 Å². The minimum Gasteiger partial charge on any atom is -0.211 e. The molecule has 0 spiro atoms. The predicted molar refractivity (Wildman–Crippen MR) is 76.6 cm³/mol. The number of carbonyl (C=O) groups excluding carboxylic acids is 1. The highest BCUT2D eigenvalue weighted by Crippen LogP contribution is 2.27. The van der Waals surface area contributed by atoms with Crippen molar-refractivity contribution in [2.75, 3.05) is 6.54 Å². The lowest BCUT2D eigenvalue weighted by Gasteiger charge is -2.16. The molecule has 0 atom stereocenters. The molecule has 0 aromatic heterocycles. The van der Waals surface area contributed by atoms with E-state index in [4.69, 9.17) is 0 Å². The molecule has 0 unspecified atom stereocenters. The third-order valence-corrected chi connectivity index (χ3v) is 3.01. The van der Waals surface area contributed by atoms with Crippen molar-refractivity contribution in [2.24, 2.45) is 4.99 Å². The van der Waals surface area contributed by atoms with Gasteiger partial charge in [0.15, 0.2) is 0 Å². The second-order valence-electron chi connectivity index (χ2n) is 4.29.